The molecule has 1 aliphatic heterocycles. The lowest BCUT2D eigenvalue weighted by molar-refractivity contribution is 0.183. The zero-order valence-electron chi connectivity index (χ0n) is 22.0. The first-order valence-corrected chi connectivity index (χ1v) is 12.4. The number of fused-ring (bicyclic) bond motifs is 2. The molecule has 1 fully saturated rings. The standard InChI is InChI=1S/C26H31N9O2/c1-15-9-22-27-11-18(13-34(22)31-15)37-19-12-28-24-23(16(19)2)33(6)25(30-24)29-21-10-20(26(3,4)5)35(32-21)17-7-8-36-14-17/h9-13,17H,7-8,14H2,1-6H3,(H,28,29,30,32). The fraction of sp³-hybridized carbons (Fsp3) is 0.423. The van der Waals surface area contributed by atoms with E-state index in [-0.39, 0.29) is 11.5 Å². The van der Waals surface area contributed by atoms with Gasteiger partial charge in [0.2, 0.25) is 5.95 Å². The molecule has 192 valence electrons. The van der Waals surface area contributed by atoms with Gasteiger partial charge in [0, 0.05) is 42.5 Å². The molecule has 0 bridgehead atoms. The number of imidazole rings is 1. The number of hydrogen-bond acceptors (Lipinski definition) is 8. The topological polar surface area (TPSA) is 109 Å². The average Bonchev–Trinajstić information content (AvgIpc) is 3.61. The number of rotatable bonds is 5. The Labute approximate surface area is 214 Å². The van der Waals surface area contributed by atoms with Gasteiger partial charge in [0.05, 0.1) is 42.4 Å². The minimum atomic E-state index is -0.0566. The number of aromatic nitrogens is 8. The fourth-order valence-corrected chi connectivity index (χ4v) is 4.82. The highest BCUT2D eigenvalue weighted by Crippen LogP contribution is 2.33. The predicted octanol–water partition coefficient (Wildman–Crippen LogP) is 4.62. The van der Waals surface area contributed by atoms with Crippen LogP contribution in [0.15, 0.2) is 30.7 Å². The van der Waals surface area contributed by atoms with Crippen LogP contribution in [0.5, 0.6) is 11.5 Å². The van der Waals surface area contributed by atoms with E-state index < -0.39 is 0 Å². The van der Waals surface area contributed by atoms with Crippen LogP contribution in [0.3, 0.4) is 0 Å². The summed E-state index contributed by atoms with van der Waals surface area (Å²) in [7, 11) is 1.96. The molecule has 0 saturated carbocycles. The van der Waals surface area contributed by atoms with Crippen LogP contribution in [0, 0.1) is 13.8 Å². The highest BCUT2D eigenvalue weighted by Gasteiger charge is 2.28. The molecule has 1 unspecified atom stereocenters. The molecule has 0 aromatic carbocycles. The summed E-state index contributed by atoms with van der Waals surface area (Å²) in [6.07, 6.45) is 6.16. The van der Waals surface area contributed by atoms with Crippen molar-refractivity contribution in [2.45, 2.75) is 52.5 Å². The minimum absolute atomic E-state index is 0.0566. The molecular formula is C26H31N9O2. The van der Waals surface area contributed by atoms with Gasteiger partial charge in [0.1, 0.15) is 0 Å². The number of aryl methyl sites for hydroxylation is 3. The second kappa shape index (κ2) is 8.55. The van der Waals surface area contributed by atoms with Gasteiger partial charge in [-0.1, -0.05) is 20.8 Å². The van der Waals surface area contributed by atoms with Gasteiger partial charge in [-0.15, -0.1) is 0 Å². The Morgan fingerprint density at radius 2 is 1.95 bits per heavy atom. The molecule has 6 rings (SSSR count). The number of anilines is 2. The van der Waals surface area contributed by atoms with E-state index in [0.717, 1.165) is 47.0 Å². The number of ether oxygens (including phenoxy) is 2. The zero-order chi connectivity index (χ0) is 25.9. The van der Waals surface area contributed by atoms with Gasteiger partial charge in [-0.05, 0) is 20.3 Å². The van der Waals surface area contributed by atoms with Crippen LogP contribution in [0.25, 0.3) is 16.8 Å². The summed E-state index contributed by atoms with van der Waals surface area (Å²) < 4.78 is 17.6. The van der Waals surface area contributed by atoms with Crippen LogP contribution in [-0.2, 0) is 17.2 Å². The molecular weight excluding hydrogens is 470 g/mol. The van der Waals surface area contributed by atoms with E-state index in [0.29, 0.717) is 29.7 Å². The van der Waals surface area contributed by atoms with Gasteiger partial charge in [-0.2, -0.15) is 15.2 Å². The molecule has 0 radical (unpaired) electrons. The first-order chi connectivity index (χ1) is 17.7. The molecule has 5 aromatic rings. The summed E-state index contributed by atoms with van der Waals surface area (Å²) in [6, 6.07) is 4.27. The second-order valence-corrected chi connectivity index (χ2v) is 10.6. The summed E-state index contributed by atoms with van der Waals surface area (Å²) in [4.78, 5) is 13.7. The monoisotopic (exact) mass is 501 g/mol. The van der Waals surface area contributed by atoms with E-state index in [1.807, 2.05) is 37.7 Å². The van der Waals surface area contributed by atoms with E-state index >= 15 is 0 Å². The van der Waals surface area contributed by atoms with Crippen molar-refractivity contribution in [2.75, 3.05) is 18.5 Å². The summed E-state index contributed by atoms with van der Waals surface area (Å²) in [5, 5.41) is 12.7. The maximum Gasteiger partial charge on any atom is 0.210 e. The molecule has 37 heavy (non-hydrogen) atoms. The Morgan fingerprint density at radius 1 is 1.11 bits per heavy atom. The van der Waals surface area contributed by atoms with E-state index in [1.165, 1.54) is 0 Å². The molecule has 0 amide bonds. The van der Waals surface area contributed by atoms with Crippen LogP contribution >= 0.6 is 0 Å². The molecule has 5 aromatic heterocycles. The SMILES string of the molecule is Cc1cc2ncc(Oc3cnc4nc(Nc5cc(C(C)(C)C)n(C6CCOC6)n5)n(C)c4c3C)cn2n1. The van der Waals surface area contributed by atoms with Gasteiger partial charge < -0.3 is 19.4 Å². The van der Waals surface area contributed by atoms with Gasteiger partial charge >= 0.3 is 0 Å². The first-order valence-electron chi connectivity index (χ1n) is 12.4. The second-order valence-electron chi connectivity index (χ2n) is 10.6. The number of pyridine rings is 1. The van der Waals surface area contributed by atoms with E-state index in [9.17, 15) is 0 Å². The van der Waals surface area contributed by atoms with Crippen molar-refractivity contribution in [3.63, 3.8) is 0 Å². The molecule has 11 nitrogen and oxygen atoms in total. The maximum atomic E-state index is 6.16. The van der Waals surface area contributed by atoms with Crippen LogP contribution in [-0.4, -0.2) is 52.1 Å². The minimum Gasteiger partial charge on any atom is -0.452 e. The molecule has 1 aliphatic rings. The lowest BCUT2D eigenvalue weighted by Gasteiger charge is -2.22. The van der Waals surface area contributed by atoms with Crippen LogP contribution < -0.4 is 10.1 Å². The van der Waals surface area contributed by atoms with Gasteiger partial charge in [0.15, 0.2) is 28.6 Å². The first kappa shape index (κ1) is 23.4. The highest BCUT2D eigenvalue weighted by atomic mass is 16.5. The summed E-state index contributed by atoms with van der Waals surface area (Å²) in [5.74, 6) is 2.62. The number of hydrogen-bond donors (Lipinski definition) is 1. The molecule has 11 heteroatoms. The Morgan fingerprint density at radius 3 is 2.70 bits per heavy atom. The Bertz CT molecular complexity index is 1620. The number of nitrogens with one attached hydrogen (secondary N) is 1. The number of nitrogens with zero attached hydrogens (tertiary/aromatic N) is 8. The zero-order valence-corrected chi connectivity index (χ0v) is 22.0. The van der Waals surface area contributed by atoms with Gasteiger partial charge in [0.25, 0.3) is 0 Å². The molecule has 1 atom stereocenters. The van der Waals surface area contributed by atoms with Crippen molar-refractivity contribution in [3.05, 3.63) is 47.7 Å². The Kier molecular flexibility index (Phi) is 5.41. The van der Waals surface area contributed by atoms with Crippen molar-refractivity contribution < 1.29 is 9.47 Å². The lowest BCUT2D eigenvalue weighted by atomic mass is 9.91. The summed E-state index contributed by atoms with van der Waals surface area (Å²) in [5.41, 5.74) is 5.21. The van der Waals surface area contributed by atoms with Crippen molar-refractivity contribution in [1.29, 1.82) is 0 Å². The molecule has 0 spiro atoms. The molecule has 1 saturated heterocycles. The quantitative estimate of drug-likeness (QED) is 0.372. The Hall–Kier alpha value is -3.99. The molecule has 0 aliphatic carbocycles. The largest absolute Gasteiger partial charge is 0.452 e. The van der Waals surface area contributed by atoms with E-state index in [4.69, 9.17) is 19.6 Å². The Balaban J connectivity index is 1.32. The lowest BCUT2D eigenvalue weighted by Crippen LogP contribution is -2.22. The van der Waals surface area contributed by atoms with Crippen molar-refractivity contribution >= 4 is 28.6 Å². The third-order valence-corrected chi connectivity index (χ3v) is 6.74. The van der Waals surface area contributed by atoms with Crippen LogP contribution in [0.4, 0.5) is 11.8 Å². The predicted molar refractivity (Wildman–Crippen MR) is 140 cm³/mol. The van der Waals surface area contributed by atoms with Gasteiger partial charge in [-0.3, -0.25) is 4.68 Å². The smallest absolute Gasteiger partial charge is 0.210 e. The summed E-state index contributed by atoms with van der Waals surface area (Å²) in [6.45, 7) is 12.0. The normalized spacial score (nSPS) is 16.2. The van der Waals surface area contributed by atoms with Crippen LogP contribution in [0.2, 0.25) is 0 Å². The average molecular weight is 502 g/mol. The van der Waals surface area contributed by atoms with Gasteiger partial charge in [-0.25, -0.2) is 14.5 Å². The van der Waals surface area contributed by atoms with E-state index in [1.54, 1.807) is 16.9 Å². The van der Waals surface area contributed by atoms with Crippen LogP contribution in [0.1, 0.15) is 50.2 Å². The summed E-state index contributed by atoms with van der Waals surface area (Å²) >= 11 is 0. The molecule has 6 heterocycles. The van der Waals surface area contributed by atoms with Crippen molar-refractivity contribution in [1.82, 2.24) is 38.9 Å². The third-order valence-electron chi connectivity index (χ3n) is 6.74. The maximum absolute atomic E-state index is 6.16. The van der Waals surface area contributed by atoms with Crippen molar-refractivity contribution in [2.24, 2.45) is 7.05 Å². The third kappa shape index (κ3) is 4.18. The highest BCUT2D eigenvalue weighted by molar-refractivity contribution is 5.81. The van der Waals surface area contributed by atoms with E-state index in [2.05, 4.69) is 51.9 Å². The fourth-order valence-electron chi connectivity index (χ4n) is 4.82. The van der Waals surface area contributed by atoms with Crippen molar-refractivity contribution in [3.8, 4) is 11.5 Å². The molecule has 1 N–H and O–H groups in total.